The second-order valence-electron chi connectivity index (χ2n) is 3.75. The first-order valence-corrected chi connectivity index (χ1v) is 5.38. The molecule has 0 amide bonds. The fraction of sp³-hybridized carbons (Fsp3) is 0.0833. The number of pyridine rings is 2. The van der Waals surface area contributed by atoms with Gasteiger partial charge in [0.05, 0.1) is 11.8 Å². The molecule has 2 rings (SSSR count). The van der Waals surface area contributed by atoms with E-state index in [-0.39, 0.29) is 17.2 Å². The molecule has 2 heterocycles. The monoisotopic (exact) mass is 282 g/mol. The second kappa shape index (κ2) is 5.16. The number of nitrogen functional groups attached to an aromatic ring is 1. The van der Waals surface area contributed by atoms with E-state index in [2.05, 4.69) is 9.97 Å². The van der Waals surface area contributed by atoms with Gasteiger partial charge in [-0.15, -0.1) is 0 Å². The van der Waals surface area contributed by atoms with E-state index in [0.29, 0.717) is 0 Å². The molecule has 8 heteroatoms. The molecule has 0 aromatic carbocycles. The molecule has 0 fully saturated rings. The molecule has 0 spiro atoms. The molecule has 5 nitrogen and oxygen atoms in total. The Morgan fingerprint density at radius 3 is 2.55 bits per heavy atom. The fourth-order valence-corrected chi connectivity index (χ4v) is 1.40. The number of hydrogen-bond acceptors (Lipinski definition) is 4. The predicted octanol–water partition coefficient (Wildman–Crippen LogP) is 2.57. The van der Waals surface area contributed by atoms with Gasteiger partial charge in [0.15, 0.2) is 0 Å². The Hall–Kier alpha value is -2.64. The van der Waals surface area contributed by atoms with Crippen LogP contribution in [0.5, 0.6) is 11.6 Å². The maximum absolute atomic E-state index is 12.6. The number of ether oxygens (including phenoxy) is 1. The zero-order chi connectivity index (χ0) is 14.8. The largest absolute Gasteiger partial charge is 0.437 e. The molecular weight excluding hydrogens is 273 g/mol. The normalized spacial score (nSPS) is 11.2. The lowest BCUT2D eigenvalue weighted by atomic mass is 10.2. The third-order valence-corrected chi connectivity index (χ3v) is 2.29. The Labute approximate surface area is 111 Å². The van der Waals surface area contributed by atoms with E-state index in [1.807, 2.05) is 0 Å². The Kier molecular flexibility index (Phi) is 3.55. The van der Waals surface area contributed by atoms with Crippen molar-refractivity contribution in [2.45, 2.75) is 6.18 Å². The van der Waals surface area contributed by atoms with E-state index in [1.165, 1.54) is 18.5 Å². The topological polar surface area (TPSA) is 84.9 Å². The molecule has 20 heavy (non-hydrogen) atoms. The molecule has 0 atom stereocenters. The van der Waals surface area contributed by atoms with E-state index in [0.717, 1.165) is 12.1 Å². The summed E-state index contributed by atoms with van der Waals surface area (Å²) >= 11 is 0. The number of nitrogens with zero attached hydrogens (tertiary/aromatic N) is 2. The SMILES string of the molecule is N=C(N)c1ccc(C(F)(F)F)nc1Oc1cccnc1. The van der Waals surface area contributed by atoms with Gasteiger partial charge in [-0.1, -0.05) is 0 Å². The number of rotatable bonds is 3. The van der Waals surface area contributed by atoms with Crippen molar-refractivity contribution in [1.29, 1.82) is 5.41 Å². The summed E-state index contributed by atoms with van der Waals surface area (Å²) in [5.74, 6) is -0.632. The molecule has 104 valence electrons. The van der Waals surface area contributed by atoms with Gasteiger partial charge < -0.3 is 10.5 Å². The maximum Gasteiger partial charge on any atom is 0.433 e. The summed E-state index contributed by atoms with van der Waals surface area (Å²) in [4.78, 5) is 7.13. The number of halogens is 3. The summed E-state index contributed by atoms with van der Waals surface area (Å²) in [6, 6.07) is 4.84. The van der Waals surface area contributed by atoms with Crippen molar-refractivity contribution in [2.24, 2.45) is 5.73 Å². The van der Waals surface area contributed by atoms with Gasteiger partial charge in [-0.25, -0.2) is 4.98 Å². The average molecular weight is 282 g/mol. The van der Waals surface area contributed by atoms with Crippen LogP contribution in [0.15, 0.2) is 36.7 Å². The van der Waals surface area contributed by atoms with Crippen molar-refractivity contribution in [3.05, 3.63) is 47.9 Å². The first-order chi connectivity index (χ1) is 9.38. The highest BCUT2D eigenvalue weighted by molar-refractivity contribution is 5.97. The molecule has 2 aromatic heterocycles. The quantitative estimate of drug-likeness (QED) is 0.669. The highest BCUT2D eigenvalue weighted by atomic mass is 19.4. The zero-order valence-corrected chi connectivity index (χ0v) is 9.98. The van der Waals surface area contributed by atoms with E-state index >= 15 is 0 Å². The summed E-state index contributed by atoms with van der Waals surface area (Å²) in [6.07, 6.45) is -1.81. The van der Waals surface area contributed by atoms with Crippen LogP contribution in [0.25, 0.3) is 0 Å². The fourth-order valence-electron chi connectivity index (χ4n) is 1.40. The molecule has 3 N–H and O–H groups in total. The third-order valence-electron chi connectivity index (χ3n) is 2.29. The van der Waals surface area contributed by atoms with Crippen molar-refractivity contribution in [1.82, 2.24) is 9.97 Å². The van der Waals surface area contributed by atoms with Crippen molar-refractivity contribution >= 4 is 5.84 Å². The van der Waals surface area contributed by atoms with Crippen LogP contribution in [-0.2, 0) is 6.18 Å². The van der Waals surface area contributed by atoms with E-state index in [1.54, 1.807) is 6.07 Å². The van der Waals surface area contributed by atoms with Gasteiger partial charge in [0, 0.05) is 6.20 Å². The number of aromatic nitrogens is 2. The van der Waals surface area contributed by atoms with Crippen LogP contribution in [-0.4, -0.2) is 15.8 Å². The van der Waals surface area contributed by atoms with E-state index in [4.69, 9.17) is 15.9 Å². The van der Waals surface area contributed by atoms with Crippen molar-refractivity contribution in [2.75, 3.05) is 0 Å². The van der Waals surface area contributed by atoms with Gasteiger partial charge >= 0.3 is 6.18 Å². The highest BCUT2D eigenvalue weighted by Crippen LogP contribution is 2.31. The molecule has 0 unspecified atom stereocenters. The Morgan fingerprint density at radius 1 is 1.25 bits per heavy atom. The summed E-state index contributed by atoms with van der Waals surface area (Å²) in [5.41, 5.74) is 4.14. The van der Waals surface area contributed by atoms with E-state index < -0.39 is 17.7 Å². The molecular formula is C12H9F3N4O. The molecule has 0 aliphatic heterocycles. The third kappa shape index (κ3) is 3.02. The second-order valence-corrected chi connectivity index (χ2v) is 3.75. The van der Waals surface area contributed by atoms with Crippen LogP contribution in [0.1, 0.15) is 11.3 Å². The van der Waals surface area contributed by atoms with Crippen LogP contribution in [0.4, 0.5) is 13.2 Å². The number of nitrogens with one attached hydrogen (secondary N) is 1. The van der Waals surface area contributed by atoms with Crippen molar-refractivity contribution in [3.8, 4) is 11.6 Å². The Bertz CT molecular complexity index is 628. The Morgan fingerprint density at radius 2 is 2.00 bits per heavy atom. The number of nitrogens with two attached hydrogens (primary N) is 1. The summed E-state index contributed by atoms with van der Waals surface area (Å²) < 4.78 is 43.1. The van der Waals surface area contributed by atoms with Gasteiger partial charge in [0.25, 0.3) is 0 Å². The van der Waals surface area contributed by atoms with Crippen LogP contribution in [0.2, 0.25) is 0 Å². The zero-order valence-electron chi connectivity index (χ0n) is 9.98. The average Bonchev–Trinajstić information content (AvgIpc) is 2.38. The smallest absolute Gasteiger partial charge is 0.433 e. The minimum atomic E-state index is -4.61. The van der Waals surface area contributed by atoms with Crippen molar-refractivity contribution in [3.63, 3.8) is 0 Å². The molecule has 0 radical (unpaired) electrons. The molecule has 2 aromatic rings. The van der Waals surface area contributed by atoms with Crippen molar-refractivity contribution < 1.29 is 17.9 Å². The summed E-state index contributed by atoms with van der Waals surface area (Å²) in [6.45, 7) is 0. The first kappa shape index (κ1) is 13.8. The molecule has 0 bridgehead atoms. The lowest BCUT2D eigenvalue weighted by molar-refractivity contribution is -0.141. The summed E-state index contributed by atoms with van der Waals surface area (Å²) in [5, 5.41) is 7.33. The highest BCUT2D eigenvalue weighted by Gasteiger charge is 2.33. The number of amidine groups is 1. The predicted molar refractivity (Wildman–Crippen MR) is 64.6 cm³/mol. The molecule has 0 saturated carbocycles. The standard InChI is InChI=1S/C12H9F3N4O/c13-12(14,15)9-4-3-8(10(16)17)11(19-9)20-7-2-1-5-18-6-7/h1-6H,(H3,16,17). The lowest BCUT2D eigenvalue weighted by Gasteiger charge is -2.12. The minimum absolute atomic E-state index is 0.0261. The maximum atomic E-state index is 12.6. The van der Waals surface area contributed by atoms with Gasteiger partial charge in [-0.2, -0.15) is 13.2 Å². The lowest BCUT2D eigenvalue weighted by Crippen LogP contribution is -2.16. The summed E-state index contributed by atoms with van der Waals surface area (Å²) in [7, 11) is 0. The number of alkyl halides is 3. The molecule has 0 aliphatic rings. The first-order valence-electron chi connectivity index (χ1n) is 5.38. The van der Waals surface area contributed by atoms with Crippen LogP contribution in [0, 0.1) is 5.41 Å². The minimum Gasteiger partial charge on any atom is -0.437 e. The van der Waals surface area contributed by atoms with Gasteiger partial charge in [-0.3, -0.25) is 10.4 Å². The Balaban J connectivity index is 2.45. The van der Waals surface area contributed by atoms with E-state index in [9.17, 15) is 13.2 Å². The van der Waals surface area contributed by atoms with Gasteiger partial charge in [0.1, 0.15) is 17.3 Å². The van der Waals surface area contributed by atoms with Crippen LogP contribution < -0.4 is 10.5 Å². The molecule has 0 aliphatic carbocycles. The van der Waals surface area contributed by atoms with Crippen LogP contribution >= 0.6 is 0 Å². The van der Waals surface area contributed by atoms with Gasteiger partial charge in [-0.05, 0) is 24.3 Å². The molecule has 0 saturated heterocycles. The number of hydrogen-bond donors (Lipinski definition) is 2. The van der Waals surface area contributed by atoms with Gasteiger partial charge in [0.2, 0.25) is 5.88 Å². The van der Waals surface area contributed by atoms with Crippen LogP contribution in [0.3, 0.4) is 0 Å².